The van der Waals surface area contributed by atoms with Crippen molar-refractivity contribution in [3.8, 4) is 0 Å². The van der Waals surface area contributed by atoms with Crippen LogP contribution in [-0.4, -0.2) is 10.4 Å². The van der Waals surface area contributed by atoms with Crippen LogP contribution in [0.25, 0.3) is 85.5 Å². The molecule has 2 N–H and O–H groups in total. The maximum Gasteiger partial charge on any atom is 0.136 e. The van der Waals surface area contributed by atoms with Gasteiger partial charge in [0.2, 0.25) is 0 Å². The van der Waals surface area contributed by atoms with Gasteiger partial charge in [-0.05, 0) is 57.9 Å². The van der Waals surface area contributed by atoms with Crippen molar-refractivity contribution in [2.24, 2.45) is 0 Å². The zero-order valence-electron chi connectivity index (χ0n) is 25.5. The SMILES string of the molecule is N=C(c1ccccc1Nn1c2cccc3c4ccccc4c4cccc5oc6ccc1c(c6c54)c32)c1cccc2c1sc1ccccc12. The monoisotopic (exact) mass is 631 g/mol. The highest BCUT2D eigenvalue weighted by atomic mass is 32.1. The molecule has 0 amide bonds. The number of benzene rings is 7. The Hall–Kier alpha value is -6.17. The number of aromatic nitrogens is 1. The van der Waals surface area contributed by atoms with Gasteiger partial charge in [0.15, 0.2) is 0 Å². The minimum Gasteiger partial charge on any atom is -0.456 e. The van der Waals surface area contributed by atoms with Gasteiger partial charge in [-0.3, -0.25) is 15.5 Å². The number of rotatable bonds is 4. The minimum absolute atomic E-state index is 0.497. The van der Waals surface area contributed by atoms with Gasteiger partial charge in [0, 0.05) is 52.8 Å². The number of nitrogens with one attached hydrogen (secondary N) is 2. The van der Waals surface area contributed by atoms with Gasteiger partial charge in [-0.1, -0.05) is 103 Å². The van der Waals surface area contributed by atoms with E-state index in [4.69, 9.17) is 4.42 Å². The van der Waals surface area contributed by atoms with Crippen molar-refractivity contribution < 1.29 is 4.42 Å². The predicted octanol–water partition coefficient (Wildman–Crippen LogP) is 12.1. The first-order chi connectivity index (χ1) is 23.7. The van der Waals surface area contributed by atoms with Crippen LogP contribution in [0.2, 0.25) is 0 Å². The number of hydrogen-bond acceptors (Lipinski definition) is 4. The lowest BCUT2D eigenvalue weighted by Crippen LogP contribution is -2.13. The maximum atomic E-state index is 9.60. The van der Waals surface area contributed by atoms with Crippen LogP contribution in [0.3, 0.4) is 0 Å². The summed E-state index contributed by atoms with van der Waals surface area (Å²) in [4.78, 5) is 0. The van der Waals surface area contributed by atoms with E-state index in [2.05, 4.69) is 137 Å². The van der Waals surface area contributed by atoms with Crippen LogP contribution in [0.15, 0.2) is 144 Å². The molecule has 0 fully saturated rings. The number of hydrogen-bond donors (Lipinski definition) is 2. The molecular formula is C43H25N3OS. The van der Waals surface area contributed by atoms with Gasteiger partial charge in [0.25, 0.3) is 0 Å². The molecule has 0 aliphatic heterocycles. The second-order valence-corrected chi connectivity index (χ2v) is 13.6. The summed E-state index contributed by atoms with van der Waals surface area (Å²) in [6.45, 7) is 0. The molecular weight excluding hydrogens is 607 g/mol. The molecule has 8 aromatic carbocycles. The molecule has 0 aliphatic rings. The van der Waals surface area contributed by atoms with Crippen molar-refractivity contribution in [3.63, 3.8) is 0 Å². The number of anilines is 1. The van der Waals surface area contributed by atoms with Gasteiger partial charge >= 0.3 is 0 Å². The molecule has 5 heteroatoms. The third-order valence-electron chi connectivity index (χ3n) is 10.0. The van der Waals surface area contributed by atoms with Crippen LogP contribution in [0.4, 0.5) is 5.69 Å². The van der Waals surface area contributed by atoms with Crippen molar-refractivity contribution in [1.82, 2.24) is 4.68 Å². The fourth-order valence-electron chi connectivity index (χ4n) is 7.99. The van der Waals surface area contributed by atoms with E-state index >= 15 is 0 Å². The molecule has 0 saturated heterocycles. The number of furan rings is 1. The van der Waals surface area contributed by atoms with Crippen molar-refractivity contribution >= 4 is 108 Å². The third-order valence-corrected chi connectivity index (χ3v) is 11.2. The molecule has 3 heterocycles. The van der Waals surface area contributed by atoms with E-state index in [-0.39, 0.29) is 0 Å². The Labute approximate surface area is 277 Å². The highest BCUT2D eigenvalue weighted by Crippen LogP contribution is 2.46. The molecule has 0 unspecified atom stereocenters. The normalized spacial score (nSPS) is 12.2. The number of thiophene rings is 1. The fourth-order valence-corrected chi connectivity index (χ4v) is 9.21. The number of fused-ring (bicyclic) bond motifs is 6. The van der Waals surface area contributed by atoms with Crippen molar-refractivity contribution in [1.29, 1.82) is 5.41 Å². The lowest BCUT2D eigenvalue weighted by Gasteiger charge is -2.16. The van der Waals surface area contributed by atoms with Crippen LogP contribution in [0.5, 0.6) is 0 Å². The van der Waals surface area contributed by atoms with Crippen LogP contribution in [0.1, 0.15) is 11.1 Å². The lowest BCUT2D eigenvalue weighted by molar-refractivity contribution is 0.669. The smallest absolute Gasteiger partial charge is 0.136 e. The second-order valence-electron chi connectivity index (χ2n) is 12.5. The zero-order valence-corrected chi connectivity index (χ0v) is 26.4. The van der Waals surface area contributed by atoms with Gasteiger partial charge in [0.05, 0.1) is 22.4 Å². The van der Waals surface area contributed by atoms with Crippen molar-refractivity contribution in [3.05, 3.63) is 151 Å². The first-order valence-electron chi connectivity index (χ1n) is 16.1. The molecule has 11 rings (SSSR count). The summed E-state index contributed by atoms with van der Waals surface area (Å²) in [6, 6.07) is 48.9. The predicted molar refractivity (Wildman–Crippen MR) is 204 cm³/mol. The van der Waals surface area contributed by atoms with Crippen molar-refractivity contribution in [2.75, 3.05) is 5.43 Å². The highest BCUT2D eigenvalue weighted by molar-refractivity contribution is 7.26. The average Bonchev–Trinajstić information content (AvgIpc) is 3.80. The molecule has 48 heavy (non-hydrogen) atoms. The van der Waals surface area contributed by atoms with Gasteiger partial charge < -0.3 is 4.42 Å². The second kappa shape index (κ2) is 9.44. The Bertz CT molecular complexity index is 3120. The summed E-state index contributed by atoms with van der Waals surface area (Å²) in [5.41, 5.74) is 10.9. The Morgan fingerprint density at radius 2 is 1.12 bits per heavy atom. The molecule has 224 valence electrons. The fraction of sp³-hybridized carbons (Fsp3) is 0. The van der Waals surface area contributed by atoms with Crippen LogP contribution < -0.4 is 5.43 Å². The van der Waals surface area contributed by atoms with E-state index in [1.54, 1.807) is 11.3 Å². The van der Waals surface area contributed by atoms with E-state index in [1.165, 1.54) is 47.8 Å². The average molecular weight is 632 g/mol. The topological polar surface area (TPSA) is 54.0 Å². The third kappa shape index (κ3) is 3.35. The summed E-state index contributed by atoms with van der Waals surface area (Å²) >= 11 is 1.76. The first-order valence-corrected chi connectivity index (χ1v) is 16.9. The van der Waals surface area contributed by atoms with Gasteiger partial charge in [0.1, 0.15) is 11.2 Å². The summed E-state index contributed by atoms with van der Waals surface area (Å²) in [6.07, 6.45) is 0. The quantitative estimate of drug-likeness (QED) is 0.190. The Balaban J connectivity index is 1.19. The molecule has 0 saturated carbocycles. The number of para-hydroxylation sites is 1. The van der Waals surface area contributed by atoms with Crippen LogP contribution in [0, 0.1) is 5.41 Å². The Morgan fingerprint density at radius 3 is 2.00 bits per heavy atom. The van der Waals surface area contributed by atoms with E-state index in [9.17, 15) is 5.41 Å². The molecule has 0 atom stereocenters. The lowest BCUT2D eigenvalue weighted by atomic mass is 9.95. The van der Waals surface area contributed by atoms with Gasteiger partial charge in [-0.25, -0.2) is 0 Å². The summed E-state index contributed by atoms with van der Waals surface area (Å²) in [5.74, 6) is 0. The minimum atomic E-state index is 0.497. The molecule has 4 nitrogen and oxygen atoms in total. The molecule has 3 aromatic heterocycles. The molecule has 0 aliphatic carbocycles. The Kier molecular flexibility index (Phi) is 5.11. The largest absolute Gasteiger partial charge is 0.456 e. The molecule has 0 radical (unpaired) electrons. The molecule has 11 aromatic rings. The first kappa shape index (κ1) is 26.0. The van der Waals surface area contributed by atoms with Crippen LogP contribution >= 0.6 is 11.3 Å². The van der Waals surface area contributed by atoms with E-state index < -0.39 is 0 Å². The highest BCUT2D eigenvalue weighted by Gasteiger charge is 2.23. The summed E-state index contributed by atoms with van der Waals surface area (Å²) < 4.78 is 11.1. The standard InChI is InChI=1S/C43H25N3OS/c44-42(31-17-7-16-29-26-12-4-6-21-37(26)48-43(29)31)30-13-3-5-18-32(30)45-46-33-19-8-14-27-24-10-1-2-11-25(24)28-15-9-20-35-39(28)41-36(47-35)23-22-34(46)40(41)38(27)33/h1-23,44-45H. The van der Waals surface area contributed by atoms with Gasteiger partial charge in [-0.15, -0.1) is 11.3 Å². The van der Waals surface area contributed by atoms with E-state index in [0.717, 1.165) is 54.5 Å². The van der Waals surface area contributed by atoms with E-state index in [1.807, 2.05) is 12.1 Å². The zero-order chi connectivity index (χ0) is 31.5. The molecule has 0 spiro atoms. The summed E-state index contributed by atoms with van der Waals surface area (Å²) in [5, 5.41) is 21.5. The van der Waals surface area contributed by atoms with Gasteiger partial charge in [-0.2, -0.15) is 0 Å². The molecule has 0 bridgehead atoms. The maximum absolute atomic E-state index is 9.60. The Morgan fingerprint density at radius 1 is 0.500 bits per heavy atom. The van der Waals surface area contributed by atoms with E-state index in [0.29, 0.717) is 5.71 Å². The summed E-state index contributed by atoms with van der Waals surface area (Å²) in [7, 11) is 0. The van der Waals surface area contributed by atoms with Crippen molar-refractivity contribution in [2.45, 2.75) is 0 Å². The number of nitrogens with zero attached hydrogens (tertiary/aromatic N) is 1. The van der Waals surface area contributed by atoms with Crippen LogP contribution in [-0.2, 0) is 0 Å².